The average Bonchev–Trinajstić information content (AvgIpc) is 2.75. The standard InChI is InChI=1S/C30H37OP/c1-6-10-28-29-19-21(2)17-23(4)26(29)13-15-32(31,25-11-8-7-9-12-25)16-14-27-24(5)18-22(3)20-30(27)28/h7-9,11-12,17-20,28H,6,10,13-16H2,1-5H3. The molecule has 3 aromatic carbocycles. The Kier molecular flexibility index (Phi) is 6.78. The third kappa shape index (κ3) is 4.51. The van der Waals surface area contributed by atoms with E-state index in [4.69, 9.17) is 0 Å². The summed E-state index contributed by atoms with van der Waals surface area (Å²) in [4.78, 5) is 0. The minimum absolute atomic E-state index is 0.413. The summed E-state index contributed by atoms with van der Waals surface area (Å²) in [5, 5.41) is 1.04. The molecule has 0 unspecified atom stereocenters. The van der Waals surface area contributed by atoms with Crippen molar-refractivity contribution in [1.29, 1.82) is 0 Å². The Morgan fingerprint density at radius 1 is 0.781 bits per heavy atom. The number of rotatable bonds is 3. The van der Waals surface area contributed by atoms with Crippen LogP contribution in [0.4, 0.5) is 0 Å². The van der Waals surface area contributed by atoms with Crippen LogP contribution in [0, 0.1) is 27.7 Å². The van der Waals surface area contributed by atoms with Gasteiger partial charge in [0.25, 0.3) is 0 Å². The van der Waals surface area contributed by atoms with E-state index in [1.54, 1.807) is 0 Å². The lowest BCUT2D eigenvalue weighted by Gasteiger charge is -2.30. The van der Waals surface area contributed by atoms with Gasteiger partial charge in [0, 0.05) is 23.5 Å². The van der Waals surface area contributed by atoms with E-state index in [2.05, 4.69) is 71.0 Å². The maximum Gasteiger partial charge on any atom is 0.116 e. The summed E-state index contributed by atoms with van der Waals surface area (Å²) in [6, 6.07) is 19.7. The summed E-state index contributed by atoms with van der Waals surface area (Å²) in [5.41, 5.74) is 11.2. The summed E-state index contributed by atoms with van der Waals surface area (Å²) >= 11 is 0. The van der Waals surface area contributed by atoms with Crippen molar-refractivity contribution in [2.75, 3.05) is 12.3 Å². The minimum Gasteiger partial charge on any atom is -0.319 e. The lowest BCUT2D eigenvalue weighted by atomic mass is 9.78. The summed E-state index contributed by atoms with van der Waals surface area (Å²) < 4.78 is 14.5. The summed E-state index contributed by atoms with van der Waals surface area (Å²) in [7, 11) is -2.49. The second-order valence-corrected chi connectivity index (χ2v) is 13.0. The molecule has 1 aliphatic heterocycles. The van der Waals surface area contributed by atoms with Gasteiger partial charge in [-0.1, -0.05) is 79.1 Å². The van der Waals surface area contributed by atoms with E-state index >= 15 is 0 Å². The van der Waals surface area contributed by atoms with Gasteiger partial charge in [0.1, 0.15) is 7.14 Å². The average molecular weight is 445 g/mol. The summed E-state index contributed by atoms with van der Waals surface area (Å²) in [6.07, 6.45) is 5.62. The van der Waals surface area contributed by atoms with Crippen LogP contribution < -0.4 is 5.30 Å². The van der Waals surface area contributed by atoms with Crippen molar-refractivity contribution in [3.05, 3.63) is 99.1 Å². The Labute approximate surface area is 194 Å². The van der Waals surface area contributed by atoms with Gasteiger partial charge in [-0.2, -0.15) is 0 Å². The van der Waals surface area contributed by atoms with Gasteiger partial charge < -0.3 is 4.57 Å². The molecule has 1 aliphatic rings. The predicted molar refractivity (Wildman–Crippen MR) is 139 cm³/mol. The van der Waals surface area contributed by atoms with Crippen LogP contribution in [0.15, 0.2) is 54.6 Å². The van der Waals surface area contributed by atoms with Gasteiger partial charge >= 0.3 is 0 Å². The molecule has 4 rings (SSSR count). The molecule has 0 N–H and O–H groups in total. The molecule has 0 amide bonds. The first-order valence-corrected chi connectivity index (χ1v) is 14.2. The van der Waals surface area contributed by atoms with Gasteiger partial charge in [0.05, 0.1) is 0 Å². The smallest absolute Gasteiger partial charge is 0.116 e. The van der Waals surface area contributed by atoms with Crippen LogP contribution in [0.1, 0.15) is 70.2 Å². The zero-order chi connectivity index (χ0) is 22.9. The molecule has 2 heteroatoms. The molecule has 1 nitrogen and oxygen atoms in total. The fourth-order valence-corrected chi connectivity index (χ4v) is 8.41. The summed E-state index contributed by atoms with van der Waals surface area (Å²) in [6.45, 7) is 11.2. The van der Waals surface area contributed by atoms with Crippen LogP contribution >= 0.6 is 7.14 Å². The molecule has 0 fully saturated rings. The van der Waals surface area contributed by atoms with Gasteiger partial charge in [-0.25, -0.2) is 0 Å². The fourth-order valence-electron chi connectivity index (χ4n) is 5.79. The number of aryl methyl sites for hydroxylation is 4. The third-order valence-electron chi connectivity index (χ3n) is 7.30. The molecule has 0 saturated carbocycles. The molecule has 0 bridgehead atoms. The zero-order valence-electron chi connectivity index (χ0n) is 20.4. The second-order valence-electron chi connectivity index (χ2n) is 9.81. The van der Waals surface area contributed by atoms with Crippen molar-refractivity contribution in [2.24, 2.45) is 0 Å². The number of benzene rings is 3. The van der Waals surface area contributed by atoms with Crippen molar-refractivity contribution in [3.8, 4) is 0 Å². The Morgan fingerprint density at radius 2 is 1.28 bits per heavy atom. The number of hydrogen-bond donors (Lipinski definition) is 0. The van der Waals surface area contributed by atoms with Crippen LogP contribution in [0.3, 0.4) is 0 Å². The molecule has 0 radical (unpaired) electrons. The highest BCUT2D eigenvalue weighted by atomic mass is 31.2. The van der Waals surface area contributed by atoms with E-state index in [-0.39, 0.29) is 0 Å². The van der Waals surface area contributed by atoms with Crippen LogP contribution in [0.25, 0.3) is 0 Å². The highest BCUT2D eigenvalue weighted by Gasteiger charge is 2.30. The highest BCUT2D eigenvalue weighted by molar-refractivity contribution is 7.71. The van der Waals surface area contributed by atoms with Crippen LogP contribution in [0.2, 0.25) is 0 Å². The van der Waals surface area contributed by atoms with Crippen molar-refractivity contribution in [3.63, 3.8) is 0 Å². The van der Waals surface area contributed by atoms with E-state index in [9.17, 15) is 4.57 Å². The molecular formula is C30H37OP. The maximum atomic E-state index is 14.5. The van der Waals surface area contributed by atoms with Crippen molar-refractivity contribution in [2.45, 2.75) is 66.2 Å². The monoisotopic (exact) mass is 444 g/mol. The molecule has 32 heavy (non-hydrogen) atoms. The lowest BCUT2D eigenvalue weighted by molar-refractivity contribution is 0.579. The molecule has 1 heterocycles. The molecule has 0 aliphatic carbocycles. The topological polar surface area (TPSA) is 17.1 Å². The number of hydrogen-bond acceptors (Lipinski definition) is 1. The zero-order valence-corrected chi connectivity index (χ0v) is 21.3. The Hall–Kier alpha value is -2.11. The normalized spacial score (nSPS) is 21.0. The molecule has 3 aromatic rings. The van der Waals surface area contributed by atoms with E-state index in [1.807, 2.05) is 18.2 Å². The van der Waals surface area contributed by atoms with Gasteiger partial charge in [0.2, 0.25) is 0 Å². The maximum absolute atomic E-state index is 14.5. The molecule has 0 atom stereocenters. The molecule has 0 aromatic heterocycles. The van der Waals surface area contributed by atoms with E-state index < -0.39 is 7.14 Å². The van der Waals surface area contributed by atoms with Crippen molar-refractivity contribution < 1.29 is 4.57 Å². The first-order chi connectivity index (χ1) is 15.3. The molecular weight excluding hydrogens is 407 g/mol. The van der Waals surface area contributed by atoms with Gasteiger partial charge in [-0.05, 0) is 80.3 Å². The first-order valence-electron chi connectivity index (χ1n) is 12.2. The van der Waals surface area contributed by atoms with E-state index in [0.29, 0.717) is 5.92 Å². The van der Waals surface area contributed by atoms with Gasteiger partial charge in [-0.3, -0.25) is 0 Å². The SMILES string of the molecule is CCCC1c2cc(C)cc(C)c2CCP(=O)(c2ccccc2)CCc2c(C)cc(C)cc21. The quantitative estimate of drug-likeness (QED) is 0.379. The van der Waals surface area contributed by atoms with E-state index in [1.165, 1.54) is 44.5 Å². The second kappa shape index (κ2) is 9.40. The highest BCUT2D eigenvalue weighted by Crippen LogP contribution is 2.48. The van der Waals surface area contributed by atoms with Crippen molar-refractivity contribution >= 4 is 12.4 Å². The van der Waals surface area contributed by atoms with Gasteiger partial charge in [0.15, 0.2) is 0 Å². The largest absolute Gasteiger partial charge is 0.319 e. The molecule has 168 valence electrons. The Balaban J connectivity index is 1.96. The predicted octanol–water partition coefficient (Wildman–Crippen LogP) is 7.64. The van der Waals surface area contributed by atoms with Gasteiger partial charge in [-0.15, -0.1) is 0 Å². The van der Waals surface area contributed by atoms with Crippen molar-refractivity contribution in [1.82, 2.24) is 0 Å². The fraction of sp³-hybridized carbons (Fsp3) is 0.400. The van der Waals surface area contributed by atoms with Crippen LogP contribution in [-0.4, -0.2) is 12.3 Å². The third-order valence-corrected chi connectivity index (χ3v) is 10.4. The van der Waals surface area contributed by atoms with Crippen LogP contribution in [-0.2, 0) is 17.4 Å². The summed E-state index contributed by atoms with van der Waals surface area (Å²) in [5.74, 6) is 0.413. The Bertz CT molecular complexity index is 1090. The first kappa shape index (κ1) is 23.1. The number of fused-ring (bicyclic) bond motifs is 2. The Morgan fingerprint density at radius 3 is 1.75 bits per heavy atom. The molecule has 0 spiro atoms. The minimum atomic E-state index is -2.49. The molecule has 0 saturated heterocycles. The van der Waals surface area contributed by atoms with Crippen LogP contribution in [0.5, 0.6) is 0 Å². The lowest BCUT2D eigenvalue weighted by Crippen LogP contribution is -2.19. The van der Waals surface area contributed by atoms with E-state index in [0.717, 1.165) is 43.3 Å².